The number of methoxy groups -OCH3 is 1. The Kier molecular flexibility index (Phi) is 8.28. The normalized spacial score (nSPS) is 16.4. The smallest absolute Gasteiger partial charge is 0.261 e. The van der Waals surface area contributed by atoms with Crippen molar-refractivity contribution < 1.29 is 19.1 Å². The summed E-state index contributed by atoms with van der Waals surface area (Å²) in [4.78, 5) is 27.5. The van der Waals surface area contributed by atoms with Gasteiger partial charge in [-0.05, 0) is 41.7 Å². The summed E-state index contributed by atoms with van der Waals surface area (Å²) >= 11 is 0. The molecule has 2 atom stereocenters. The molecule has 1 aliphatic rings. The molecule has 0 radical (unpaired) electrons. The highest BCUT2D eigenvalue weighted by atomic mass is 16.5. The zero-order valence-electron chi connectivity index (χ0n) is 19.5. The number of ether oxygens (including phenoxy) is 2. The summed E-state index contributed by atoms with van der Waals surface area (Å²) in [6, 6.07) is 15.9. The average molecular weight is 439 g/mol. The fraction of sp³-hybridized carbons (Fsp3) is 0.462. The number of benzene rings is 2. The second kappa shape index (κ2) is 11.1. The first kappa shape index (κ1) is 23.8. The summed E-state index contributed by atoms with van der Waals surface area (Å²) in [5, 5.41) is 2.84. The monoisotopic (exact) mass is 438 g/mol. The van der Waals surface area contributed by atoms with Crippen molar-refractivity contribution in [2.24, 2.45) is 5.92 Å². The number of nitrogens with one attached hydrogen (secondary N) is 1. The summed E-state index contributed by atoms with van der Waals surface area (Å²) < 4.78 is 11.1. The molecule has 1 aliphatic heterocycles. The third kappa shape index (κ3) is 5.49. The zero-order chi connectivity index (χ0) is 23.1. The van der Waals surface area contributed by atoms with E-state index in [0.29, 0.717) is 31.9 Å². The number of rotatable bonds is 9. The van der Waals surface area contributed by atoms with Crippen LogP contribution in [0, 0.1) is 5.92 Å². The summed E-state index contributed by atoms with van der Waals surface area (Å²) in [5.41, 5.74) is 3.34. The Hall–Kier alpha value is -2.86. The summed E-state index contributed by atoms with van der Waals surface area (Å²) in [7, 11) is 1.60. The Balaban J connectivity index is 1.91. The predicted octanol–water partition coefficient (Wildman–Crippen LogP) is 3.74. The number of fused-ring (bicyclic) bond motifs is 1. The van der Waals surface area contributed by atoms with Crippen molar-refractivity contribution in [1.82, 2.24) is 10.2 Å². The summed E-state index contributed by atoms with van der Waals surface area (Å²) in [6.45, 7) is 7.39. The molecule has 3 rings (SSSR count). The van der Waals surface area contributed by atoms with Gasteiger partial charge in [-0.3, -0.25) is 9.59 Å². The van der Waals surface area contributed by atoms with E-state index in [0.717, 1.165) is 17.5 Å². The Labute approximate surface area is 190 Å². The molecule has 1 heterocycles. The molecule has 0 aliphatic carbocycles. The fourth-order valence-electron chi connectivity index (χ4n) is 4.11. The van der Waals surface area contributed by atoms with Gasteiger partial charge in [-0.15, -0.1) is 0 Å². The maximum Gasteiger partial charge on any atom is 0.261 e. The molecule has 0 aromatic heterocycles. The standard InChI is InChI=1S/C26H34N2O4/c1-5-23(25(29)27-14-16-31-4)32-21-12-11-19-13-15-28(26(30)18(2)3)24(22(19)17-21)20-9-7-6-8-10-20/h6-12,17-18,23-24H,5,13-16H2,1-4H3,(H,27,29)/t23-,24+/m1/s1. The highest BCUT2D eigenvalue weighted by Crippen LogP contribution is 2.38. The minimum atomic E-state index is -0.586. The van der Waals surface area contributed by atoms with E-state index in [1.165, 1.54) is 5.56 Å². The summed E-state index contributed by atoms with van der Waals surface area (Å²) in [5.74, 6) is 0.540. The van der Waals surface area contributed by atoms with Gasteiger partial charge in [0.15, 0.2) is 6.10 Å². The first-order chi connectivity index (χ1) is 15.5. The molecule has 0 spiro atoms. The average Bonchev–Trinajstić information content (AvgIpc) is 2.81. The Morgan fingerprint density at radius 2 is 1.91 bits per heavy atom. The van der Waals surface area contributed by atoms with Gasteiger partial charge in [-0.2, -0.15) is 0 Å². The molecule has 6 heteroatoms. The van der Waals surface area contributed by atoms with Crippen LogP contribution in [0.2, 0.25) is 0 Å². The van der Waals surface area contributed by atoms with Crippen molar-refractivity contribution in [2.75, 3.05) is 26.8 Å². The molecule has 0 fully saturated rings. The fourth-order valence-corrected chi connectivity index (χ4v) is 4.11. The van der Waals surface area contributed by atoms with Gasteiger partial charge in [-0.1, -0.05) is 57.2 Å². The topological polar surface area (TPSA) is 67.9 Å². The minimum Gasteiger partial charge on any atom is -0.481 e. The van der Waals surface area contributed by atoms with E-state index in [1.807, 2.05) is 56.0 Å². The van der Waals surface area contributed by atoms with Gasteiger partial charge in [0.1, 0.15) is 5.75 Å². The van der Waals surface area contributed by atoms with Crippen LogP contribution in [0.25, 0.3) is 0 Å². The molecule has 0 bridgehead atoms. The van der Waals surface area contributed by atoms with E-state index < -0.39 is 6.10 Å². The van der Waals surface area contributed by atoms with Crippen LogP contribution in [-0.4, -0.2) is 49.6 Å². The largest absolute Gasteiger partial charge is 0.481 e. The van der Waals surface area contributed by atoms with Crippen LogP contribution in [-0.2, 0) is 20.7 Å². The van der Waals surface area contributed by atoms with Crippen molar-refractivity contribution in [3.8, 4) is 5.75 Å². The van der Waals surface area contributed by atoms with Crippen LogP contribution in [0.5, 0.6) is 5.75 Å². The third-order valence-corrected chi connectivity index (χ3v) is 5.78. The van der Waals surface area contributed by atoms with E-state index in [9.17, 15) is 9.59 Å². The van der Waals surface area contributed by atoms with E-state index >= 15 is 0 Å². The van der Waals surface area contributed by atoms with Crippen LogP contribution < -0.4 is 10.1 Å². The van der Waals surface area contributed by atoms with E-state index in [1.54, 1.807) is 7.11 Å². The van der Waals surface area contributed by atoms with Gasteiger partial charge in [0.05, 0.1) is 12.6 Å². The lowest BCUT2D eigenvalue weighted by Gasteiger charge is -2.39. The highest BCUT2D eigenvalue weighted by molar-refractivity contribution is 5.81. The molecule has 32 heavy (non-hydrogen) atoms. The predicted molar refractivity (Wildman–Crippen MR) is 125 cm³/mol. The Bertz CT molecular complexity index is 913. The lowest BCUT2D eigenvalue weighted by molar-refractivity contribution is -0.136. The van der Waals surface area contributed by atoms with E-state index in [4.69, 9.17) is 9.47 Å². The van der Waals surface area contributed by atoms with Crippen LogP contribution in [0.15, 0.2) is 48.5 Å². The molecule has 0 unspecified atom stereocenters. The quantitative estimate of drug-likeness (QED) is 0.606. The van der Waals surface area contributed by atoms with Crippen LogP contribution >= 0.6 is 0 Å². The van der Waals surface area contributed by atoms with E-state index in [-0.39, 0.29) is 23.8 Å². The SMILES string of the molecule is CC[C@@H](Oc1ccc2c(c1)[C@H](c1ccccc1)N(C(=O)C(C)C)CC2)C(=O)NCCOC. The van der Waals surface area contributed by atoms with Gasteiger partial charge in [0, 0.05) is 26.1 Å². The van der Waals surface area contributed by atoms with Crippen molar-refractivity contribution in [1.29, 1.82) is 0 Å². The van der Waals surface area contributed by atoms with Crippen molar-refractivity contribution in [3.05, 3.63) is 65.2 Å². The number of carbonyl (C=O) groups excluding carboxylic acids is 2. The molecule has 172 valence electrons. The van der Waals surface area contributed by atoms with Crippen LogP contribution in [0.3, 0.4) is 0 Å². The maximum absolute atomic E-state index is 13.0. The molecule has 1 N–H and O–H groups in total. The molecule has 2 aromatic carbocycles. The number of carbonyl (C=O) groups is 2. The second-order valence-electron chi connectivity index (χ2n) is 8.41. The number of hydrogen-bond acceptors (Lipinski definition) is 4. The Morgan fingerprint density at radius 3 is 2.56 bits per heavy atom. The van der Waals surface area contributed by atoms with Gasteiger partial charge in [0.25, 0.3) is 5.91 Å². The summed E-state index contributed by atoms with van der Waals surface area (Å²) in [6.07, 6.45) is 0.763. The van der Waals surface area contributed by atoms with Gasteiger partial charge in [0.2, 0.25) is 5.91 Å². The molecule has 6 nitrogen and oxygen atoms in total. The Morgan fingerprint density at radius 1 is 1.16 bits per heavy atom. The first-order valence-electron chi connectivity index (χ1n) is 11.4. The molecule has 2 aromatic rings. The second-order valence-corrected chi connectivity index (χ2v) is 8.41. The van der Waals surface area contributed by atoms with Gasteiger partial charge in [-0.25, -0.2) is 0 Å². The number of amides is 2. The number of hydrogen-bond donors (Lipinski definition) is 1. The third-order valence-electron chi connectivity index (χ3n) is 5.78. The molecule has 0 saturated heterocycles. The van der Waals surface area contributed by atoms with Crippen LogP contribution in [0.1, 0.15) is 49.9 Å². The zero-order valence-corrected chi connectivity index (χ0v) is 19.5. The lowest BCUT2D eigenvalue weighted by atomic mass is 9.87. The highest BCUT2D eigenvalue weighted by Gasteiger charge is 2.33. The maximum atomic E-state index is 13.0. The van der Waals surface area contributed by atoms with Crippen molar-refractivity contribution in [2.45, 2.75) is 45.8 Å². The van der Waals surface area contributed by atoms with Crippen molar-refractivity contribution >= 4 is 11.8 Å². The molecular formula is C26H34N2O4. The minimum absolute atomic E-state index is 0.0811. The van der Waals surface area contributed by atoms with Gasteiger partial charge < -0.3 is 19.7 Å². The lowest BCUT2D eigenvalue weighted by Crippen LogP contribution is -2.42. The first-order valence-corrected chi connectivity index (χ1v) is 11.4. The number of nitrogens with zero attached hydrogens (tertiary/aromatic N) is 1. The molecule has 0 saturated carbocycles. The van der Waals surface area contributed by atoms with E-state index in [2.05, 4.69) is 23.5 Å². The molecule has 2 amide bonds. The molecular weight excluding hydrogens is 404 g/mol. The van der Waals surface area contributed by atoms with Crippen LogP contribution in [0.4, 0.5) is 0 Å². The van der Waals surface area contributed by atoms with Gasteiger partial charge >= 0.3 is 0 Å². The van der Waals surface area contributed by atoms with Crippen molar-refractivity contribution in [3.63, 3.8) is 0 Å².